The molecule has 1 aromatic carbocycles. The topological polar surface area (TPSA) is 80.5 Å². The zero-order valence-corrected chi connectivity index (χ0v) is 12.7. The molecule has 0 aliphatic heterocycles. The van der Waals surface area contributed by atoms with E-state index >= 15 is 0 Å². The molecule has 0 fully saturated rings. The van der Waals surface area contributed by atoms with Gasteiger partial charge >= 0.3 is 0 Å². The minimum atomic E-state index is -0.323. The second kappa shape index (κ2) is 6.70. The van der Waals surface area contributed by atoms with E-state index in [0.717, 1.165) is 0 Å². The van der Waals surface area contributed by atoms with Crippen LogP contribution in [-0.4, -0.2) is 14.8 Å². The van der Waals surface area contributed by atoms with Crippen molar-refractivity contribution in [1.82, 2.24) is 14.8 Å². The molecule has 0 aliphatic rings. The fourth-order valence-electron chi connectivity index (χ4n) is 1.96. The molecule has 0 aliphatic carbocycles. The molecule has 110 valence electrons. The lowest BCUT2D eigenvalue weighted by molar-refractivity contribution is 0.526. The number of nitrogens with two attached hydrogens (primary N) is 1. The first-order valence-electron chi connectivity index (χ1n) is 6.52. The molecule has 1 aromatic heterocycles. The van der Waals surface area contributed by atoms with Crippen LogP contribution in [-0.2, 0) is 12.3 Å². The lowest BCUT2D eigenvalue weighted by Crippen LogP contribution is -2.11. The minimum absolute atomic E-state index is 0.177. The van der Waals surface area contributed by atoms with Crippen molar-refractivity contribution in [3.63, 3.8) is 0 Å². The molecule has 0 radical (unpaired) electrons. The van der Waals surface area contributed by atoms with E-state index < -0.39 is 0 Å². The summed E-state index contributed by atoms with van der Waals surface area (Å²) in [6, 6.07) is 6.52. The zero-order chi connectivity index (χ0) is 15.4. The van der Waals surface area contributed by atoms with Crippen LogP contribution in [0.25, 0.3) is 0 Å². The molecule has 0 saturated carbocycles. The van der Waals surface area contributed by atoms with Gasteiger partial charge in [-0.15, -0.1) is 10.2 Å². The molecule has 0 saturated heterocycles. The number of nitriles is 1. The zero-order valence-electron chi connectivity index (χ0n) is 11.9. The van der Waals surface area contributed by atoms with E-state index in [1.807, 2.05) is 24.5 Å². The Bertz CT molecular complexity index is 674. The third-order valence-corrected chi connectivity index (χ3v) is 3.96. The Morgan fingerprint density at radius 3 is 2.81 bits per heavy atom. The first-order valence-corrected chi connectivity index (χ1v) is 7.50. The fraction of sp³-hybridized carbons (Fsp3) is 0.357. The lowest BCUT2D eigenvalue weighted by Gasteiger charge is -2.12. The summed E-state index contributed by atoms with van der Waals surface area (Å²) in [5, 5.41) is 17.7. The van der Waals surface area contributed by atoms with Gasteiger partial charge in [-0.1, -0.05) is 11.8 Å². The summed E-state index contributed by atoms with van der Waals surface area (Å²) < 4.78 is 15.7. The van der Waals surface area contributed by atoms with E-state index in [2.05, 4.69) is 10.2 Å². The van der Waals surface area contributed by atoms with Gasteiger partial charge in [-0.25, -0.2) is 4.39 Å². The van der Waals surface area contributed by atoms with Crippen LogP contribution in [0.5, 0.6) is 0 Å². The summed E-state index contributed by atoms with van der Waals surface area (Å²) in [6.07, 6.45) is 0. The predicted octanol–water partition coefficient (Wildman–Crippen LogP) is 2.62. The van der Waals surface area contributed by atoms with Crippen LogP contribution < -0.4 is 5.73 Å². The van der Waals surface area contributed by atoms with E-state index in [4.69, 9.17) is 11.0 Å². The predicted molar refractivity (Wildman–Crippen MR) is 79.0 cm³/mol. The van der Waals surface area contributed by atoms with Crippen LogP contribution in [0.4, 0.5) is 4.39 Å². The molecule has 2 N–H and O–H groups in total. The number of nitrogens with zero attached hydrogens (tertiary/aromatic N) is 4. The van der Waals surface area contributed by atoms with Gasteiger partial charge in [0.05, 0.1) is 18.2 Å². The minimum Gasteiger partial charge on any atom is -0.324 e. The second-order valence-corrected chi connectivity index (χ2v) is 5.72. The van der Waals surface area contributed by atoms with Crippen molar-refractivity contribution >= 4 is 11.8 Å². The molecule has 0 unspecified atom stereocenters. The average molecular weight is 305 g/mol. The smallest absolute Gasteiger partial charge is 0.191 e. The van der Waals surface area contributed by atoms with Crippen LogP contribution in [0.1, 0.15) is 36.8 Å². The van der Waals surface area contributed by atoms with Crippen LogP contribution in [0, 0.1) is 17.1 Å². The molecule has 0 amide bonds. The molecule has 21 heavy (non-hydrogen) atoms. The van der Waals surface area contributed by atoms with Crippen LogP contribution in [0.3, 0.4) is 0 Å². The van der Waals surface area contributed by atoms with Gasteiger partial charge in [0, 0.05) is 11.8 Å². The highest BCUT2D eigenvalue weighted by Gasteiger charge is 2.15. The Hall–Kier alpha value is -1.91. The van der Waals surface area contributed by atoms with Gasteiger partial charge in [0.1, 0.15) is 11.6 Å². The molecule has 2 aromatic rings. The number of hydrogen-bond acceptors (Lipinski definition) is 5. The highest BCUT2D eigenvalue weighted by molar-refractivity contribution is 7.98. The number of hydrogen-bond donors (Lipinski definition) is 1. The lowest BCUT2D eigenvalue weighted by atomic mass is 10.1. The van der Waals surface area contributed by atoms with E-state index in [1.54, 1.807) is 6.07 Å². The van der Waals surface area contributed by atoms with Gasteiger partial charge in [0.25, 0.3) is 0 Å². The summed E-state index contributed by atoms with van der Waals surface area (Å²) in [4.78, 5) is 0. The Balaban J connectivity index is 2.21. The normalized spacial score (nSPS) is 10.9. The molecule has 0 spiro atoms. The van der Waals surface area contributed by atoms with Crippen molar-refractivity contribution in [2.45, 2.75) is 37.3 Å². The molecular weight excluding hydrogens is 289 g/mol. The molecule has 1 heterocycles. The number of benzene rings is 1. The Morgan fingerprint density at radius 1 is 1.43 bits per heavy atom. The van der Waals surface area contributed by atoms with Crippen LogP contribution >= 0.6 is 11.8 Å². The Kier molecular flexibility index (Phi) is 4.94. The van der Waals surface area contributed by atoms with Crippen molar-refractivity contribution in [1.29, 1.82) is 5.26 Å². The van der Waals surface area contributed by atoms with Crippen molar-refractivity contribution in [2.75, 3.05) is 0 Å². The number of aromatic nitrogens is 3. The van der Waals surface area contributed by atoms with Crippen molar-refractivity contribution in [3.8, 4) is 6.07 Å². The van der Waals surface area contributed by atoms with Crippen molar-refractivity contribution in [3.05, 3.63) is 41.0 Å². The average Bonchev–Trinajstić information content (AvgIpc) is 2.89. The van der Waals surface area contributed by atoms with Gasteiger partial charge in [-0.05, 0) is 37.6 Å². The van der Waals surface area contributed by atoms with Gasteiger partial charge in [-0.2, -0.15) is 5.26 Å². The van der Waals surface area contributed by atoms with Gasteiger partial charge in [0.15, 0.2) is 5.16 Å². The van der Waals surface area contributed by atoms with Crippen LogP contribution in [0.15, 0.2) is 23.4 Å². The maximum absolute atomic E-state index is 13.8. The van der Waals surface area contributed by atoms with E-state index in [-0.39, 0.29) is 11.9 Å². The second-order valence-electron chi connectivity index (χ2n) is 4.77. The maximum atomic E-state index is 13.8. The van der Waals surface area contributed by atoms with Gasteiger partial charge < -0.3 is 10.3 Å². The largest absolute Gasteiger partial charge is 0.324 e. The SMILES string of the molecule is CC(C)n1c(CN)nnc1SCc1cc(C#N)ccc1F. The highest BCUT2D eigenvalue weighted by atomic mass is 32.2. The number of thioether (sulfide) groups is 1. The highest BCUT2D eigenvalue weighted by Crippen LogP contribution is 2.26. The van der Waals surface area contributed by atoms with Crippen molar-refractivity contribution in [2.24, 2.45) is 5.73 Å². The standard InChI is InChI=1S/C14H16FN5S/c1-9(2)20-13(7-17)18-19-14(20)21-8-11-5-10(6-16)3-4-12(11)15/h3-5,9H,7-8,17H2,1-2H3. The molecule has 7 heteroatoms. The molecular formula is C14H16FN5S. The first-order chi connectivity index (χ1) is 10.1. The summed E-state index contributed by atoms with van der Waals surface area (Å²) in [5.41, 5.74) is 6.57. The third kappa shape index (κ3) is 3.40. The number of rotatable bonds is 5. The monoisotopic (exact) mass is 305 g/mol. The molecule has 5 nitrogen and oxygen atoms in total. The molecule has 2 rings (SSSR count). The first kappa shape index (κ1) is 15.5. The summed E-state index contributed by atoms with van der Waals surface area (Å²) >= 11 is 1.38. The van der Waals surface area contributed by atoms with Crippen LogP contribution in [0.2, 0.25) is 0 Å². The van der Waals surface area contributed by atoms with Crippen molar-refractivity contribution < 1.29 is 4.39 Å². The fourth-order valence-corrected chi connectivity index (χ4v) is 3.02. The molecule has 0 atom stereocenters. The Morgan fingerprint density at radius 2 is 2.19 bits per heavy atom. The van der Waals surface area contributed by atoms with Gasteiger partial charge in [-0.3, -0.25) is 0 Å². The summed E-state index contributed by atoms with van der Waals surface area (Å²) in [5.74, 6) is 0.770. The van der Waals surface area contributed by atoms with Gasteiger partial charge in [0.2, 0.25) is 0 Å². The molecule has 0 bridgehead atoms. The third-order valence-electron chi connectivity index (χ3n) is 2.97. The summed E-state index contributed by atoms with van der Waals surface area (Å²) in [7, 11) is 0. The quantitative estimate of drug-likeness (QED) is 0.859. The number of halogens is 1. The van der Waals surface area contributed by atoms with E-state index in [9.17, 15) is 4.39 Å². The maximum Gasteiger partial charge on any atom is 0.191 e. The van der Waals surface area contributed by atoms with E-state index in [1.165, 1.54) is 23.9 Å². The Labute approximate surface area is 127 Å². The summed E-state index contributed by atoms with van der Waals surface area (Å²) in [6.45, 7) is 4.34. The van der Waals surface area contributed by atoms with E-state index in [0.29, 0.717) is 34.4 Å².